The number of rotatable bonds is 5. The van der Waals surface area contributed by atoms with E-state index in [0.717, 1.165) is 5.69 Å². The lowest BCUT2D eigenvalue weighted by Gasteiger charge is -2.19. The Bertz CT molecular complexity index is 425. The highest BCUT2D eigenvalue weighted by molar-refractivity contribution is 5.88. The van der Waals surface area contributed by atoms with Crippen molar-refractivity contribution in [3.8, 4) is 0 Å². The van der Waals surface area contributed by atoms with E-state index in [1.165, 1.54) is 6.07 Å². The van der Waals surface area contributed by atoms with Gasteiger partial charge in [0.25, 0.3) is 0 Å². The van der Waals surface area contributed by atoms with Crippen LogP contribution in [0.5, 0.6) is 0 Å². The number of carboxylic acids is 1. The summed E-state index contributed by atoms with van der Waals surface area (Å²) in [4.78, 5) is 15.5. The van der Waals surface area contributed by atoms with E-state index < -0.39 is 5.97 Å². The summed E-state index contributed by atoms with van der Waals surface area (Å²) in [6.45, 7) is 6.61. The molecule has 1 rings (SSSR count). The zero-order valence-electron chi connectivity index (χ0n) is 11.0. The van der Waals surface area contributed by atoms with Crippen molar-refractivity contribution >= 4 is 11.8 Å². The first kappa shape index (κ1) is 14.4. The number of nitrogens with zero attached hydrogens (tertiary/aromatic N) is 1. The third kappa shape index (κ3) is 4.00. The SMILES string of the molecule is CC(C)(C)c1cc(C(=O)O)cc(NCCCO)n1. The van der Waals surface area contributed by atoms with Gasteiger partial charge in [0.15, 0.2) is 0 Å². The van der Waals surface area contributed by atoms with Crippen LogP contribution in [0.3, 0.4) is 0 Å². The molecule has 0 spiro atoms. The predicted molar refractivity (Wildman–Crippen MR) is 70.1 cm³/mol. The molecule has 0 radical (unpaired) electrons. The maximum absolute atomic E-state index is 11.1. The largest absolute Gasteiger partial charge is 0.478 e. The number of aliphatic hydroxyl groups is 1. The summed E-state index contributed by atoms with van der Waals surface area (Å²) in [5.41, 5.74) is 0.745. The third-order valence-corrected chi connectivity index (χ3v) is 2.48. The van der Waals surface area contributed by atoms with Gasteiger partial charge in [0.05, 0.1) is 5.56 Å². The molecule has 0 atom stereocenters. The van der Waals surface area contributed by atoms with Gasteiger partial charge >= 0.3 is 5.97 Å². The van der Waals surface area contributed by atoms with Crippen molar-refractivity contribution in [2.24, 2.45) is 0 Å². The van der Waals surface area contributed by atoms with Gasteiger partial charge in [-0.1, -0.05) is 20.8 Å². The summed E-state index contributed by atoms with van der Waals surface area (Å²) in [7, 11) is 0. The van der Waals surface area contributed by atoms with Gasteiger partial charge in [0.2, 0.25) is 0 Å². The molecule has 0 saturated carbocycles. The molecular formula is C13H20N2O3. The molecular weight excluding hydrogens is 232 g/mol. The monoisotopic (exact) mass is 252 g/mol. The van der Waals surface area contributed by atoms with Crippen molar-refractivity contribution in [3.05, 3.63) is 23.4 Å². The number of anilines is 1. The van der Waals surface area contributed by atoms with Crippen molar-refractivity contribution in [2.45, 2.75) is 32.6 Å². The quantitative estimate of drug-likeness (QED) is 0.697. The molecule has 0 aliphatic rings. The zero-order chi connectivity index (χ0) is 13.8. The molecule has 0 saturated heterocycles. The van der Waals surface area contributed by atoms with Crippen LogP contribution in [0.4, 0.5) is 5.82 Å². The van der Waals surface area contributed by atoms with Gasteiger partial charge in [-0.2, -0.15) is 0 Å². The summed E-state index contributed by atoms with van der Waals surface area (Å²) in [6, 6.07) is 3.11. The Morgan fingerprint density at radius 1 is 1.39 bits per heavy atom. The molecule has 0 fully saturated rings. The number of aliphatic hydroxyl groups excluding tert-OH is 1. The second kappa shape index (κ2) is 5.82. The third-order valence-electron chi connectivity index (χ3n) is 2.48. The molecule has 1 aromatic heterocycles. The number of aromatic carboxylic acids is 1. The van der Waals surface area contributed by atoms with E-state index in [1.54, 1.807) is 6.07 Å². The maximum Gasteiger partial charge on any atom is 0.335 e. The van der Waals surface area contributed by atoms with Crippen LogP contribution >= 0.6 is 0 Å². The Hall–Kier alpha value is -1.62. The van der Waals surface area contributed by atoms with Gasteiger partial charge in [-0.15, -0.1) is 0 Å². The average Bonchev–Trinajstić information content (AvgIpc) is 2.28. The van der Waals surface area contributed by atoms with Gasteiger partial charge < -0.3 is 15.5 Å². The molecule has 1 aromatic rings. The second-order valence-corrected chi connectivity index (χ2v) is 5.19. The Balaban J connectivity index is 3.03. The first-order chi connectivity index (χ1) is 8.34. The Morgan fingerprint density at radius 3 is 2.56 bits per heavy atom. The van der Waals surface area contributed by atoms with Crippen molar-refractivity contribution in [2.75, 3.05) is 18.5 Å². The van der Waals surface area contributed by atoms with Crippen LogP contribution in [0.25, 0.3) is 0 Å². The lowest BCUT2D eigenvalue weighted by molar-refractivity contribution is 0.0696. The molecule has 1 heterocycles. The topological polar surface area (TPSA) is 82.5 Å². The van der Waals surface area contributed by atoms with Gasteiger partial charge in [0, 0.05) is 24.3 Å². The van der Waals surface area contributed by atoms with Gasteiger partial charge in [-0.05, 0) is 18.6 Å². The predicted octanol–water partition coefficient (Wildman–Crippen LogP) is 1.87. The molecule has 0 aliphatic carbocycles. The van der Waals surface area contributed by atoms with Crippen LogP contribution in [0.1, 0.15) is 43.2 Å². The van der Waals surface area contributed by atoms with E-state index >= 15 is 0 Å². The summed E-state index contributed by atoms with van der Waals surface area (Å²) in [6.07, 6.45) is 0.601. The minimum absolute atomic E-state index is 0.0950. The molecule has 5 heteroatoms. The van der Waals surface area contributed by atoms with Crippen molar-refractivity contribution in [3.63, 3.8) is 0 Å². The molecule has 100 valence electrons. The molecule has 0 unspecified atom stereocenters. The lowest BCUT2D eigenvalue weighted by Crippen LogP contribution is -2.17. The Labute approximate surface area is 107 Å². The van der Waals surface area contributed by atoms with Crippen molar-refractivity contribution in [1.29, 1.82) is 0 Å². The molecule has 5 nitrogen and oxygen atoms in total. The standard InChI is InChI=1S/C13H20N2O3/c1-13(2,3)10-7-9(12(17)18)8-11(15-10)14-5-4-6-16/h7-8,16H,4-6H2,1-3H3,(H,14,15)(H,17,18). The van der Waals surface area contributed by atoms with Crippen molar-refractivity contribution < 1.29 is 15.0 Å². The van der Waals surface area contributed by atoms with Crippen LogP contribution in [-0.4, -0.2) is 34.3 Å². The smallest absolute Gasteiger partial charge is 0.335 e. The fourth-order valence-electron chi connectivity index (χ4n) is 1.42. The number of nitrogens with one attached hydrogen (secondary N) is 1. The Kier molecular flexibility index (Phi) is 4.67. The lowest BCUT2D eigenvalue weighted by atomic mass is 9.91. The van der Waals surface area contributed by atoms with Crippen molar-refractivity contribution in [1.82, 2.24) is 4.98 Å². The fourth-order valence-corrected chi connectivity index (χ4v) is 1.42. The normalized spacial score (nSPS) is 11.3. The van der Waals surface area contributed by atoms with E-state index in [-0.39, 0.29) is 17.6 Å². The summed E-state index contributed by atoms with van der Waals surface area (Å²) >= 11 is 0. The number of pyridine rings is 1. The average molecular weight is 252 g/mol. The number of hydrogen-bond donors (Lipinski definition) is 3. The highest BCUT2D eigenvalue weighted by atomic mass is 16.4. The number of aromatic nitrogens is 1. The molecule has 0 amide bonds. The first-order valence-corrected chi connectivity index (χ1v) is 5.95. The van der Waals surface area contributed by atoms with E-state index in [2.05, 4.69) is 10.3 Å². The molecule has 0 aliphatic heterocycles. The number of carbonyl (C=O) groups is 1. The number of carboxylic acid groups (broad SMARTS) is 1. The van der Waals surface area contributed by atoms with Gasteiger partial charge in [-0.25, -0.2) is 9.78 Å². The van der Waals surface area contributed by atoms with E-state index in [1.807, 2.05) is 20.8 Å². The van der Waals surface area contributed by atoms with Gasteiger partial charge in [0.1, 0.15) is 5.82 Å². The minimum atomic E-state index is -0.965. The minimum Gasteiger partial charge on any atom is -0.478 e. The number of hydrogen-bond acceptors (Lipinski definition) is 4. The van der Waals surface area contributed by atoms with E-state index in [4.69, 9.17) is 10.2 Å². The van der Waals surface area contributed by atoms with Crippen LogP contribution in [0.15, 0.2) is 12.1 Å². The fraction of sp³-hybridized carbons (Fsp3) is 0.538. The molecule has 0 aromatic carbocycles. The molecule has 0 bridgehead atoms. The van der Waals surface area contributed by atoms with Crippen LogP contribution in [0, 0.1) is 0 Å². The summed E-state index contributed by atoms with van der Waals surface area (Å²) in [5, 5.41) is 20.8. The highest BCUT2D eigenvalue weighted by Gasteiger charge is 2.18. The summed E-state index contributed by atoms with van der Waals surface area (Å²) in [5.74, 6) is -0.429. The maximum atomic E-state index is 11.1. The zero-order valence-corrected chi connectivity index (χ0v) is 11.0. The van der Waals surface area contributed by atoms with E-state index in [0.29, 0.717) is 18.8 Å². The Morgan fingerprint density at radius 2 is 2.06 bits per heavy atom. The summed E-state index contributed by atoms with van der Waals surface area (Å²) < 4.78 is 0. The van der Waals surface area contributed by atoms with Crippen LogP contribution in [-0.2, 0) is 5.41 Å². The van der Waals surface area contributed by atoms with Crippen LogP contribution < -0.4 is 5.32 Å². The molecule has 18 heavy (non-hydrogen) atoms. The molecule has 3 N–H and O–H groups in total. The van der Waals surface area contributed by atoms with E-state index in [9.17, 15) is 4.79 Å². The van der Waals surface area contributed by atoms with Gasteiger partial charge in [-0.3, -0.25) is 0 Å². The highest BCUT2D eigenvalue weighted by Crippen LogP contribution is 2.23. The first-order valence-electron chi connectivity index (χ1n) is 5.95. The second-order valence-electron chi connectivity index (χ2n) is 5.19. The van der Waals surface area contributed by atoms with Crippen LogP contribution in [0.2, 0.25) is 0 Å².